The van der Waals surface area contributed by atoms with E-state index >= 15 is 0 Å². The summed E-state index contributed by atoms with van der Waals surface area (Å²) in [4.78, 5) is 42.2. The van der Waals surface area contributed by atoms with Crippen molar-refractivity contribution in [1.82, 2.24) is 4.57 Å². The van der Waals surface area contributed by atoms with Gasteiger partial charge in [0, 0.05) is 41.6 Å². The smallest absolute Gasteiger partial charge is 0.268 e. The van der Waals surface area contributed by atoms with Gasteiger partial charge in [-0.1, -0.05) is 50.6 Å². The van der Waals surface area contributed by atoms with Gasteiger partial charge in [0.2, 0.25) is 0 Å². The highest BCUT2D eigenvalue weighted by Gasteiger charge is 2.36. The third-order valence-electron chi connectivity index (χ3n) is 6.27. The molecule has 3 aromatic rings. The van der Waals surface area contributed by atoms with Crippen molar-refractivity contribution >= 4 is 29.0 Å². The number of fused-ring (bicyclic) bond motifs is 1. The normalized spacial score (nSPS) is 14.6. The quantitative estimate of drug-likeness (QED) is 0.515. The first-order valence-electron chi connectivity index (χ1n) is 11.1. The number of aromatic nitrogens is 1. The molecule has 170 valence electrons. The van der Waals surface area contributed by atoms with Gasteiger partial charge < -0.3 is 4.90 Å². The van der Waals surface area contributed by atoms with Crippen LogP contribution in [0.25, 0.3) is 5.69 Å². The summed E-state index contributed by atoms with van der Waals surface area (Å²) in [5.74, 6) is -0.472. The van der Waals surface area contributed by atoms with E-state index in [1.807, 2.05) is 45.0 Å². The molecule has 1 aromatic heterocycles. The molecular formula is C27H27ClN2O3. The maximum absolute atomic E-state index is 13.8. The molecule has 4 rings (SSSR count). The maximum atomic E-state index is 13.8. The highest BCUT2D eigenvalue weighted by Crippen LogP contribution is 2.36. The average Bonchev–Trinajstić information content (AvgIpc) is 2.78. The predicted molar refractivity (Wildman–Crippen MR) is 132 cm³/mol. The molecule has 0 bridgehead atoms. The van der Waals surface area contributed by atoms with Gasteiger partial charge in [-0.15, -0.1) is 0 Å². The van der Waals surface area contributed by atoms with Gasteiger partial charge in [-0.05, 0) is 59.7 Å². The summed E-state index contributed by atoms with van der Waals surface area (Å²) in [6.45, 7) is 6.00. The number of carbonyl (C=O) groups is 2. The largest absolute Gasteiger partial charge is 0.311 e. The number of amides is 1. The van der Waals surface area contributed by atoms with Gasteiger partial charge >= 0.3 is 0 Å². The highest BCUT2D eigenvalue weighted by atomic mass is 35.5. The van der Waals surface area contributed by atoms with Crippen LogP contribution in [-0.4, -0.2) is 23.3 Å². The molecule has 0 aliphatic heterocycles. The van der Waals surface area contributed by atoms with Crippen molar-refractivity contribution in [1.29, 1.82) is 0 Å². The fourth-order valence-corrected chi connectivity index (χ4v) is 4.70. The number of carbonyl (C=O) groups excluding carboxylic acids is 2. The third-order valence-corrected chi connectivity index (χ3v) is 6.52. The summed E-state index contributed by atoms with van der Waals surface area (Å²) < 4.78 is 1.39. The van der Waals surface area contributed by atoms with Crippen molar-refractivity contribution in [2.75, 3.05) is 11.9 Å². The van der Waals surface area contributed by atoms with Crippen LogP contribution in [0, 0.1) is 5.41 Å². The molecule has 2 aromatic carbocycles. The predicted octanol–water partition coefficient (Wildman–Crippen LogP) is 5.49. The monoisotopic (exact) mass is 462 g/mol. The minimum Gasteiger partial charge on any atom is -0.311 e. The summed E-state index contributed by atoms with van der Waals surface area (Å²) in [6, 6.07) is 14.4. The van der Waals surface area contributed by atoms with Crippen molar-refractivity contribution in [2.45, 2.75) is 40.0 Å². The summed E-state index contributed by atoms with van der Waals surface area (Å²) >= 11 is 6.03. The van der Waals surface area contributed by atoms with Crippen LogP contribution in [0.15, 0.2) is 59.5 Å². The summed E-state index contributed by atoms with van der Waals surface area (Å²) in [7, 11) is 1.68. The molecule has 1 aliphatic rings. The van der Waals surface area contributed by atoms with Gasteiger partial charge in [-0.2, -0.15) is 0 Å². The van der Waals surface area contributed by atoms with E-state index in [-0.39, 0.29) is 16.8 Å². The number of aryl methyl sites for hydroxylation is 1. The summed E-state index contributed by atoms with van der Waals surface area (Å²) in [5.41, 5.74) is 2.56. The van der Waals surface area contributed by atoms with Gasteiger partial charge in [0.1, 0.15) is 5.56 Å². The number of ketones is 1. The van der Waals surface area contributed by atoms with E-state index in [0.29, 0.717) is 34.7 Å². The second-order valence-electron chi connectivity index (χ2n) is 9.34. The zero-order valence-electron chi connectivity index (χ0n) is 19.3. The van der Waals surface area contributed by atoms with Crippen molar-refractivity contribution in [2.24, 2.45) is 5.41 Å². The number of rotatable bonds is 4. The van der Waals surface area contributed by atoms with Crippen molar-refractivity contribution in [3.05, 3.63) is 92.4 Å². The number of para-hydroxylation sites is 1. The first kappa shape index (κ1) is 23.0. The Kier molecular flexibility index (Phi) is 6.02. The topological polar surface area (TPSA) is 59.4 Å². The Morgan fingerprint density at radius 3 is 2.39 bits per heavy atom. The molecule has 0 radical (unpaired) electrons. The van der Waals surface area contributed by atoms with E-state index in [1.165, 1.54) is 9.47 Å². The lowest BCUT2D eigenvalue weighted by Crippen LogP contribution is -2.40. The van der Waals surface area contributed by atoms with Crippen LogP contribution < -0.4 is 10.5 Å². The fraction of sp³-hybridized carbons (Fsp3) is 0.296. The van der Waals surface area contributed by atoms with E-state index in [9.17, 15) is 14.4 Å². The first-order valence-corrected chi connectivity index (χ1v) is 11.4. The molecule has 6 heteroatoms. The average molecular weight is 463 g/mol. The first-order chi connectivity index (χ1) is 15.6. The van der Waals surface area contributed by atoms with Gasteiger partial charge in [-0.3, -0.25) is 19.0 Å². The highest BCUT2D eigenvalue weighted by molar-refractivity contribution is 6.30. The summed E-state index contributed by atoms with van der Waals surface area (Å²) in [6.07, 6.45) is 3.17. The van der Waals surface area contributed by atoms with E-state index in [2.05, 4.69) is 0 Å². The molecule has 33 heavy (non-hydrogen) atoms. The number of Topliss-reactive ketones (excluding diaryl/α,β-unsaturated/α-hetero) is 1. The molecule has 0 N–H and O–H groups in total. The van der Waals surface area contributed by atoms with Crippen molar-refractivity contribution in [3.63, 3.8) is 0 Å². The number of halogens is 1. The van der Waals surface area contributed by atoms with Crippen LogP contribution in [-0.2, 0) is 12.8 Å². The van der Waals surface area contributed by atoms with Crippen LogP contribution in [0.5, 0.6) is 0 Å². The Hall–Kier alpha value is -3.18. The lowest BCUT2D eigenvalue weighted by Gasteiger charge is -2.32. The minimum absolute atomic E-state index is 0.0528. The molecule has 5 nitrogen and oxygen atoms in total. The van der Waals surface area contributed by atoms with E-state index < -0.39 is 11.5 Å². The van der Waals surface area contributed by atoms with E-state index in [4.69, 9.17) is 11.6 Å². The molecule has 1 heterocycles. The van der Waals surface area contributed by atoms with Gasteiger partial charge in [0.15, 0.2) is 5.78 Å². The molecule has 0 saturated heterocycles. The molecule has 0 unspecified atom stereocenters. The van der Waals surface area contributed by atoms with E-state index in [0.717, 1.165) is 17.7 Å². The zero-order valence-corrected chi connectivity index (χ0v) is 20.1. The Morgan fingerprint density at radius 2 is 1.73 bits per heavy atom. The second-order valence-corrected chi connectivity index (χ2v) is 9.77. The molecule has 0 spiro atoms. The van der Waals surface area contributed by atoms with Gasteiger partial charge in [0.05, 0.1) is 0 Å². The van der Waals surface area contributed by atoms with Crippen molar-refractivity contribution in [3.8, 4) is 5.69 Å². The Labute approximate surface area is 198 Å². The van der Waals surface area contributed by atoms with Crippen LogP contribution in [0.3, 0.4) is 0 Å². The lowest BCUT2D eigenvalue weighted by atomic mass is 9.73. The number of nitrogens with zero attached hydrogens (tertiary/aromatic N) is 2. The molecular weight excluding hydrogens is 436 g/mol. The molecule has 0 atom stereocenters. The lowest BCUT2D eigenvalue weighted by molar-refractivity contribution is 0.0910. The molecule has 1 aliphatic carbocycles. The number of anilines is 1. The van der Waals surface area contributed by atoms with E-state index in [1.54, 1.807) is 37.5 Å². The number of pyridine rings is 1. The Morgan fingerprint density at radius 1 is 1.06 bits per heavy atom. The SMILES string of the molecule is CCc1ccccc1N(C)C(=O)c1c2c(cn(-c3ccc(Cl)cc3)c1=O)C(=O)CC(C)(C)C2. The maximum Gasteiger partial charge on any atom is 0.268 e. The number of hydrogen-bond acceptors (Lipinski definition) is 3. The Balaban J connectivity index is 1.96. The van der Waals surface area contributed by atoms with Crippen LogP contribution in [0.4, 0.5) is 5.69 Å². The third kappa shape index (κ3) is 4.25. The minimum atomic E-state index is -0.438. The zero-order chi connectivity index (χ0) is 23.9. The van der Waals surface area contributed by atoms with Crippen LogP contribution >= 0.6 is 11.6 Å². The van der Waals surface area contributed by atoms with Crippen LogP contribution in [0.2, 0.25) is 5.02 Å². The van der Waals surface area contributed by atoms with Crippen molar-refractivity contribution < 1.29 is 9.59 Å². The molecule has 0 fully saturated rings. The van der Waals surface area contributed by atoms with Gasteiger partial charge in [0.25, 0.3) is 11.5 Å². The fourth-order valence-electron chi connectivity index (χ4n) is 4.57. The van der Waals surface area contributed by atoms with Gasteiger partial charge in [-0.25, -0.2) is 0 Å². The standard InChI is InChI=1S/C27H27ClN2O3/c1-5-17-8-6-7-9-22(17)29(4)25(32)24-20-14-27(2,3)15-23(31)21(20)16-30(26(24)33)19-12-10-18(28)11-13-19/h6-13,16H,5,14-15H2,1-4H3. The Bertz CT molecular complexity index is 1310. The van der Waals surface area contributed by atoms with Crippen LogP contribution in [0.1, 0.15) is 59.0 Å². The number of hydrogen-bond donors (Lipinski definition) is 0. The second kappa shape index (κ2) is 8.64. The molecule has 1 amide bonds. The molecule has 0 saturated carbocycles. The summed E-state index contributed by atoms with van der Waals surface area (Å²) in [5, 5.41) is 0.537. The number of benzene rings is 2.